The van der Waals surface area contributed by atoms with E-state index < -0.39 is 20.3 Å². The third-order valence-electron chi connectivity index (χ3n) is 4.79. The molecular formula is C24H27BiS. The normalized spacial score (nSPS) is 11.2. The molecule has 3 rings (SSSR count). The summed E-state index contributed by atoms with van der Waals surface area (Å²) < 4.78 is 4.96. The van der Waals surface area contributed by atoms with E-state index in [2.05, 4.69) is 100 Å². The number of rotatable bonds is 4. The van der Waals surface area contributed by atoms with Crippen LogP contribution in [0.15, 0.2) is 59.5 Å². The van der Waals surface area contributed by atoms with Crippen molar-refractivity contribution in [2.75, 3.05) is 0 Å². The van der Waals surface area contributed by atoms with Crippen molar-refractivity contribution in [2.24, 2.45) is 0 Å². The van der Waals surface area contributed by atoms with Gasteiger partial charge in [0.05, 0.1) is 0 Å². The molecular weight excluding hydrogens is 529 g/mol. The van der Waals surface area contributed by atoms with Gasteiger partial charge in [0.25, 0.3) is 0 Å². The molecule has 3 aromatic rings. The molecule has 2 heteroatoms. The molecule has 0 saturated heterocycles. The Morgan fingerprint density at radius 2 is 0.923 bits per heavy atom. The van der Waals surface area contributed by atoms with Crippen LogP contribution >= 0.6 is 8.52 Å². The van der Waals surface area contributed by atoms with E-state index in [1.807, 2.05) is 0 Å². The molecule has 3 aromatic carbocycles. The molecule has 0 saturated carbocycles. The van der Waals surface area contributed by atoms with Gasteiger partial charge in [-0.2, -0.15) is 0 Å². The Morgan fingerprint density at radius 1 is 0.577 bits per heavy atom. The second kappa shape index (κ2) is 8.28. The summed E-state index contributed by atoms with van der Waals surface area (Å²) in [4.78, 5) is 1.49. The minimum atomic E-state index is -1.49. The number of benzene rings is 3. The Morgan fingerprint density at radius 3 is 1.27 bits per heavy atom. The van der Waals surface area contributed by atoms with Crippen LogP contribution in [0.5, 0.6) is 0 Å². The molecule has 134 valence electrons. The average Bonchev–Trinajstić information content (AvgIpc) is 2.56. The van der Waals surface area contributed by atoms with Crippen LogP contribution in [-0.2, 0) is 0 Å². The third-order valence-corrected chi connectivity index (χ3v) is 12.2. The Hall–Kier alpha value is -1.11. The first kappa shape index (κ1) is 19.6. The van der Waals surface area contributed by atoms with Gasteiger partial charge in [0, 0.05) is 0 Å². The Kier molecular flexibility index (Phi) is 6.26. The topological polar surface area (TPSA) is 0 Å². The summed E-state index contributed by atoms with van der Waals surface area (Å²) >= 11 is -1.49. The van der Waals surface area contributed by atoms with Gasteiger partial charge < -0.3 is 0 Å². The van der Waals surface area contributed by atoms with Gasteiger partial charge >= 0.3 is 170 Å². The third kappa shape index (κ3) is 3.92. The second-order valence-electron chi connectivity index (χ2n) is 7.12. The van der Waals surface area contributed by atoms with Crippen molar-refractivity contribution in [1.29, 1.82) is 0 Å². The molecule has 0 nitrogen and oxygen atoms in total. The molecule has 0 amide bonds. The van der Waals surface area contributed by atoms with Crippen molar-refractivity contribution in [3.05, 3.63) is 76.9 Å². The van der Waals surface area contributed by atoms with Crippen LogP contribution in [0, 0.1) is 27.7 Å². The van der Waals surface area contributed by atoms with Crippen molar-refractivity contribution >= 4 is 28.8 Å². The first-order valence-corrected chi connectivity index (χ1v) is 21.0. The van der Waals surface area contributed by atoms with Crippen LogP contribution < -0.4 is 0 Å². The fourth-order valence-corrected chi connectivity index (χ4v) is 11.1. The first-order valence-electron chi connectivity index (χ1n) is 9.01. The summed E-state index contributed by atoms with van der Waals surface area (Å²) in [5, 5.41) is 0. The zero-order chi connectivity index (χ0) is 18.8. The van der Waals surface area contributed by atoms with Gasteiger partial charge in [-0.25, -0.2) is 0 Å². The van der Waals surface area contributed by atoms with E-state index in [1.54, 1.807) is 0 Å². The molecule has 0 heterocycles. The Balaban J connectivity index is 2.35. The van der Waals surface area contributed by atoms with Crippen LogP contribution in [0.2, 0.25) is 9.26 Å². The van der Waals surface area contributed by atoms with Gasteiger partial charge in [-0.3, -0.25) is 0 Å². The van der Waals surface area contributed by atoms with Crippen molar-refractivity contribution < 1.29 is 0 Å². The molecule has 0 fully saturated rings. The monoisotopic (exact) mass is 556 g/mol. The molecule has 0 spiro atoms. The maximum atomic E-state index is 2.48. The summed E-state index contributed by atoms with van der Waals surface area (Å²) in [6.45, 7) is 8.95. The molecule has 0 aliphatic rings. The molecule has 0 N–H and O–H groups in total. The molecule has 0 aliphatic carbocycles. The molecule has 0 aromatic heterocycles. The SMILES string of the molecule is Cc1cccc(C)c1-c1cccc(-c2c(C)cccc2C)c1[S][Bi]([CH3])[CH3]. The van der Waals surface area contributed by atoms with Crippen LogP contribution in [-0.4, -0.2) is 20.3 Å². The van der Waals surface area contributed by atoms with Gasteiger partial charge in [-0.15, -0.1) is 0 Å². The molecule has 0 atom stereocenters. The fourth-order valence-electron chi connectivity index (χ4n) is 3.69. The fraction of sp³-hybridized carbons (Fsp3) is 0.250. The van der Waals surface area contributed by atoms with Crippen LogP contribution in [0.4, 0.5) is 0 Å². The number of hydrogen-bond acceptors (Lipinski definition) is 1. The standard InChI is InChI=1S/C22H22S.2CH3.Bi/c1-14-8-5-9-15(2)20(14)18-12-7-13-19(22(18)23)21-16(3)10-6-11-17(21)4;;;/h5-13,23H,1-4H3;2*1H3;/q;;;+1/p-1. The zero-order valence-corrected chi connectivity index (χ0v) is 20.8. The molecule has 0 unspecified atom stereocenters. The van der Waals surface area contributed by atoms with Crippen molar-refractivity contribution in [1.82, 2.24) is 0 Å². The van der Waals surface area contributed by atoms with E-state index in [9.17, 15) is 0 Å². The van der Waals surface area contributed by atoms with Gasteiger partial charge in [0.15, 0.2) is 0 Å². The number of hydrogen-bond donors (Lipinski definition) is 0. The minimum absolute atomic E-state index is 1.36. The molecule has 0 radical (unpaired) electrons. The van der Waals surface area contributed by atoms with E-state index in [0.29, 0.717) is 0 Å². The average molecular weight is 557 g/mol. The van der Waals surface area contributed by atoms with E-state index in [0.717, 1.165) is 0 Å². The number of aryl methyl sites for hydroxylation is 4. The Labute approximate surface area is 169 Å². The van der Waals surface area contributed by atoms with Crippen LogP contribution in [0.25, 0.3) is 22.3 Å². The summed E-state index contributed by atoms with van der Waals surface area (Å²) in [6, 6.07) is 20.2. The van der Waals surface area contributed by atoms with E-state index in [-0.39, 0.29) is 0 Å². The predicted octanol–water partition coefficient (Wildman–Crippen LogP) is 7.60. The van der Waals surface area contributed by atoms with Crippen LogP contribution in [0.3, 0.4) is 0 Å². The zero-order valence-electron chi connectivity index (χ0n) is 16.6. The second-order valence-corrected chi connectivity index (χ2v) is 22.6. The quantitative estimate of drug-likeness (QED) is 0.299. The predicted molar refractivity (Wildman–Crippen MR) is 120 cm³/mol. The van der Waals surface area contributed by atoms with Gasteiger partial charge in [-0.1, -0.05) is 0 Å². The summed E-state index contributed by atoms with van der Waals surface area (Å²) in [5.41, 5.74) is 11.1. The summed E-state index contributed by atoms with van der Waals surface area (Å²) in [5.74, 6) is 0. The molecule has 26 heavy (non-hydrogen) atoms. The molecule has 0 aliphatic heterocycles. The summed E-state index contributed by atoms with van der Waals surface area (Å²) in [7, 11) is 2.18. The van der Waals surface area contributed by atoms with Crippen molar-refractivity contribution in [2.45, 2.75) is 41.9 Å². The van der Waals surface area contributed by atoms with E-state index in [1.165, 1.54) is 49.4 Å². The van der Waals surface area contributed by atoms with Crippen molar-refractivity contribution in [3.63, 3.8) is 0 Å². The van der Waals surface area contributed by atoms with Gasteiger partial charge in [0.1, 0.15) is 0 Å². The maximum absolute atomic E-state index is 2.48. The van der Waals surface area contributed by atoms with Crippen molar-refractivity contribution in [3.8, 4) is 22.3 Å². The van der Waals surface area contributed by atoms with E-state index in [4.69, 9.17) is 0 Å². The van der Waals surface area contributed by atoms with Crippen LogP contribution in [0.1, 0.15) is 22.3 Å². The first-order chi connectivity index (χ1) is 12.4. The Bertz CT molecular complexity index is 831. The summed E-state index contributed by atoms with van der Waals surface area (Å²) in [6.07, 6.45) is 0. The van der Waals surface area contributed by atoms with Gasteiger partial charge in [0.2, 0.25) is 0 Å². The molecule has 0 bridgehead atoms. The van der Waals surface area contributed by atoms with Gasteiger partial charge in [-0.05, 0) is 0 Å². The van der Waals surface area contributed by atoms with E-state index >= 15 is 0 Å².